The first-order chi connectivity index (χ1) is 14.7. The highest BCUT2D eigenvalue weighted by molar-refractivity contribution is 7.89. The second-order valence-corrected chi connectivity index (χ2v) is 8.98. The van der Waals surface area contributed by atoms with Gasteiger partial charge in [0.2, 0.25) is 10.0 Å². The smallest absolute Gasteiger partial charge is 0.354 e. The van der Waals surface area contributed by atoms with Gasteiger partial charge < -0.3 is 4.90 Å². The molecule has 1 aliphatic rings. The van der Waals surface area contributed by atoms with Gasteiger partial charge in [-0.2, -0.15) is 17.5 Å². The first-order valence-electron chi connectivity index (χ1n) is 9.55. The predicted octanol–water partition coefficient (Wildman–Crippen LogP) is 3.67. The summed E-state index contributed by atoms with van der Waals surface area (Å²) >= 11 is 0. The summed E-state index contributed by atoms with van der Waals surface area (Å²) in [4.78, 5) is 10.2. The van der Waals surface area contributed by atoms with Crippen LogP contribution < -0.4 is 4.90 Å². The third-order valence-electron chi connectivity index (χ3n) is 5.08. The van der Waals surface area contributed by atoms with Gasteiger partial charge >= 0.3 is 6.18 Å². The number of nitrogens with zero attached hydrogens (tertiary/aromatic N) is 4. The predicted molar refractivity (Wildman–Crippen MR) is 110 cm³/mol. The van der Waals surface area contributed by atoms with Gasteiger partial charge in [-0.1, -0.05) is 36.4 Å². The lowest BCUT2D eigenvalue weighted by atomic mass is 10.1. The summed E-state index contributed by atoms with van der Waals surface area (Å²) < 4.78 is 65.8. The Bertz CT molecular complexity index is 1160. The van der Waals surface area contributed by atoms with Crippen LogP contribution in [0, 0.1) is 0 Å². The van der Waals surface area contributed by atoms with Gasteiger partial charge in [0.05, 0.1) is 16.2 Å². The summed E-state index contributed by atoms with van der Waals surface area (Å²) in [6, 6.07) is 15.3. The molecule has 6 nitrogen and oxygen atoms in total. The van der Waals surface area contributed by atoms with E-state index in [9.17, 15) is 21.6 Å². The number of hydrogen-bond donors (Lipinski definition) is 0. The largest absolute Gasteiger partial charge is 0.416 e. The highest BCUT2D eigenvalue weighted by Crippen LogP contribution is 2.31. The van der Waals surface area contributed by atoms with Crippen LogP contribution in [0.1, 0.15) is 5.56 Å². The lowest BCUT2D eigenvalue weighted by Crippen LogP contribution is -2.49. The maximum absolute atomic E-state index is 13.0. The Balaban J connectivity index is 1.49. The fraction of sp³-hybridized carbons (Fsp3) is 0.238. The minimum Gasteiger partial charge on any atom is -0.354 e. The van der Waals surface area contributed by atoms with Crippen molar-refractivity contribution in [3.8, 4) is 11.3 Å². The highest BCUT2D eigenvalue weighted by atomic mass is 32.2. The summed E-state index contributed by atoms with van der Waals surface area (Å²) in [5.74, 6) is 0.671. The maximum Gasteiger partial charge on any atom is 0.416 e. The number of alkyl halides is 3. The van der Waals surface area contributed by atoms with E-state index >= 15 is 0 Å². The van der Waals surface area contributed by atoms with Crippen LogP contribution in [0.5, 0.6) is 0 Å². The van der Waals surface area contributed by atoms with E-state index in [0.717, 1.165) is 23.4 Å². The van der Waals surface area contributed by atoms with Crippen molar-refractivity contribution >= 4 is 15.8 Å². The Morgan fingerprint density at radius 3 is 2.23 bits per heavy atom. The van der Waals surface area contributed by atoms with Crippen LogP contribution in [0.15, 0.2) is 71.9 Å². The lowest BCUT2D eigenvalue weighted by Gasteiger charge is -2.34. The molecule has 1 aromatic heterocycles. The average Bonchev–Trinajstić information content (AvgIpc) is 2.79. The summed E-state index contributed by atoms with van der Waals surface area (Å²) in [6.07, 6.45) is -3.14. The van der Waals surface area contributed by atoms with E-state index in [1.165, 1.54) is 16.7 Å². The van der Waals surface area contributed by atoms with Gasteiger partial charge in [-0.15, -0.1) is 0 Å². The molecule has 3 aromatic rings. The Kier molecular flexibility index (Phi) is 5.67. The Morgan fingerprint density at radius 2 is 1.55 bits per heavy atom. The molecule has 1 aliphatic heterocycles. The van der Waals surface area contributed by atoms with Crippen molar-refractivity contribution in [2.45, 2.75) is 11.1 Å². The van der Waals surface area contributed by atoms with Crippen LogP contribution in [-0.2, 0) is 16.2 Å². The third kappa shape index (κ3) is 4.54. The van der Waals surface area contributed by atoms with E-state index < -0.39 is 21.8 Å². The SMILES string of the molecule is O=S(=O)(c1cccc(C(F)(F)F)c1)N1CCN(c2cc(-c3ccccc3)ncn2)CC1. The van der Waals surface area contributed by atoms with Crippen molar-refractivity contribution < 1.29 is 21.6 Å². The van der Waals surface area contributed by atoms with Crippen molar-refractivity contribution in [3.05, 3.63) is 72.6 Å². The van der Waals surface area contributed by atoms with Crippen molar-refractivity contribution in [2.75, 3.05) is 31.1 Å². The minimum absolute atomic E-state index is 0.142. The highest BCUT2D eigenvalue weighted by Gasteiger charge is 2.34. The van der Waals surface area contributed by atoms with Crippen molar-refractivity contribution in [1.82, 2.24) is 14.3 Å². The summed E-state index contributed by atoms with van der Waals surface area (Å²) in [7, 11) is -4.03. The van der Waals surface area contributed by atoms with E-state index in [-0.39, 0.29) is 18.0 Å². The van der Waals surface area contributed by atoms with Crippen LogP contribution in [0.25, 0.3) is 11.3 Å². The molecular weight excluding hydrogens is 429 g/mol. The molecule has 0 aliphatic carbocycles. The van der Waals surface area contributed by atoms with E-state index in [1.54, 1.807) is 0 Å². The Labute approximate surface area is 178 Å². The van der Waals surface area contributed by atoms with Crippen LogP contribution >= 0.6 is 0 Å². The quantitative estimate of drug-likeness (QED) is 0.609. The zero-order valence-electron chi connectivity index (χ0n) is 16.3. The summed E-state index contributed by atoms with van der Waals surface area (Å²) in [6.45, 7) is 1.01. The molecule has 10 heteroatoms. The van der Waals surface area contributed by atoms with Gasteiger partial charge in [-0.25, -0.2) is 18.4 Å². The van der Waals surface area contributed by atoms with Crippen molar-refractivity contribution in [2.24, 2.45) is 0 Å². The van der Waals surface area contributed by atoms with Gasteiger partial charge in [-0.05, 0) is 18.2 Å². The van der Waals surface area contributed by atoms with Crippen LogP contribution in [0.2, 0.25) is 0 Å². The van der Waals surface area contributed by atoms with Crippen molar-refractivity contribution in [1.29, 1.82) is 0 Å². The second kappa shape index (κ2) is 8.27. The molecule has 0 amide bonds. The van der Waals surface area contributed by atoms with Crippen LogP contribution in [0.4, 0.5) is 19.0 Å². The molecule has 1 fully saturated rings. The van der Waals surface area contributed by atoms with E-state index in [0.29, 0.717) is 25.0 Å². The Hall–Kier alpha value is -2.98. The number of piperazine rings is 1. The number of benzene rings is 2. The fourth-order valence-corrected chi connectivity index (χ4v) is 4.89. The van der Waals surface area contributed by atoms with Crippen molar-refractivity contribution in [3.63, 3.8) is 0 Å². The molecular formula is C21H19F3N4O2S. The molecule has 0 radical (unpaired) electrons. The first-order valence-corrected chi connectivity index (χ1v) is 11.0. The number of rotatable bonds is 4. The Morgan fingerprint density at radius 1 is 0.839 bits per heavy atom. The lowest BCUT2D eigenvalue weighted by molar-refractivity contribution is -0.137. The number of sulfonamides is 1. The number of anilines is 1. The minimum atomic E-state index is -4.60. The molecule has 4 rings (SSSR count). The third-order valence-corrected chi connectivity index (χ3v) is 6.98. The molecule has 31 heavy (non-hydrogen) atoms. The molecule has 0 N–H and O–H groups in total. The molecule has 0 bridgehead atoms. The number of halogens is 3. The van der Waals surface area contributed by atoms with Gasteiger partial charge in [-0.3, -0.25) is 0 Å². The zero-order chi connectivity index (χ0) is 22.1. The van der Waals surface area contributed by atoms with Gasteiger partial charge in [0, 0.05) is 37.8 Å². The van der Waals surface area contributed by atoms with Gasteiger partial charge in [0.25, 0.3) is 0 Å². The molecule has 1 saturated heterocycles. The van der Waals surface area contributed by atoms with Crippen LogP contribution in [-0.4, -0.2) is 48.9 Å². The molecule has 0 atom stereocenters. The second-order valence-electron chi connectivity index (χ2n) is 7.04. The number of hydrogen-bond acceptors (Lipinski definition) is 5. The van der Waals surface area contributed by atoms with Gasteiger partial charge in [0.15, 0.2) is 0 Å². The standard InChI is InChI=1S/C21H19F3N4O2S/c22-21(23,24)17-7-4-8-18(13-17)31(29,30)28-11-9-27(10-12-28)20-14-19(25-15-26-20)16-5-2-1-3-6-16/h1-8,13-15H,9-12H2. The van der Waals surface area contributed by atoms with E-state index in [4.69, 9.17) is 0 Å². The monoisotopic (exact) mass is 448 g/mol. The molecule has 0 spiro atoms. The molecule has 0 saturated carbocycles. The molecule has 0 unspecified atom stereocenters. The summed E-state index contributed by atoms with van der Waals surface area (Å²) in [5, 5.41) is 0. The van der Waals surface area contributed by atoms with E-state index in [2.05, 4.69) is 9.97 Å². The zero-order valence-corrected chi connectivity index (χ0v) is 17.1. The molecule has 2 heterocycles. The maximum atomic E-state index is 13.0. The molecule has 2 aromatic carbocycles. The fourth-order valence-electron chi connectivity index (χ4n) is 3.43. The number of aromatic nitrogens is 2. The summed E-state index contributed by atoms with van der Waals surface area (Å²) in [5.41, 5.74) is 0.711. The first kappa shape index (κ1) is 21.3. The average molecular weight is 448 g/mol. The molecule has 162 valence electrons. The van der Waals surface area contributed by atoms with E-state index in [1.807, 2.05) is 41.3 Å². The topological polar surface area (TPSA) is 66.4 Å². The normalized spacial score (nSPS) is 15.8. The van der Waals surface area contributed by atoms with Gasteiger partial charge in [0.1, 0.15) is 12.1 Å². The van der Waals surface area contributed by atoms with Crippen LogP contribution in [0.3, 0.4) is 0 Å².